The topological polar surface area (TPSA) is 29.3 Å². The molecule has 0 radical (unpaired) electrons. The van der Waals surface area contributed by atoms with Crippen LogP contribution in [-0.2, 0) is 0 Å². The zero-order chi connectivity index (χ0) is 12.0. The third-order valence-corrected chi connectivity index (χ3v) is 5.09. The highest BCUT2D eigenvalue weighted by molar-refractivity contribution is 7.99. The van der Waals surface area contributed by atoms with Crippen molar-refractivity contribution in [3.8, 4) is 0 Å². The summed E-state index contributed by atoms with van der Waals surface area (Å²) in [5, 5.41) is 0. The first-order chi connectivity index (χ1) is 7.68. The standard InChI is InChI=1S/C13H28N2S/c1-4-12(3)10-13(5-2,11-14)15-6-8-16-9-7-15/h12H,4-11,14H2,1-3H3. The van der Waals surface area contributed by atoms with Crippen molar-refractivity contribution in [3.63, 3.8) is 0 Å². The number of nitrogens with zero attached hydrogens (tertiary/aromatic N) is 1. The van der Waals surface area contributed by atoms with E-state index < -0.39 is 0 Å². The highest BCUT2D eigenvalue weighted by Gasteiger charge is 2.35. The maximum absolute atomic E-state index is 6.10. The Morgan fingerprint density at radius 3 is 2.38 bits per heavy atom. The lowest BCUT2D eigenvalue weighted by Gasteiger charge is -2.46. The molecule has 0 aromatic rings. The number of thioether (sulfide) groups is 1. The van der Waals surface area contributed by atoms with E-state index in [0.717, 1.165) is 12.5 Å². The van der Waals surface area contributed by atoms with Crippen molar-refractivity contribution >= 4 is 11.8 Å². The van der Waals surface area contributed by atoms with Gasteiger partial charge < -0.3 is 5.73 Å². The molecule has 0 spiro atoms. The first kappa shape index (κ1) is 14.3. The highest BCUT2D eigenvalue weighted by Crippen LogP contribution is 2.30. The van der Waals surface area contributed by atoms with Crippen molar-refractivity contribution in [1.29, 1.82) is 0 Å². The summed E-state index contributed by atoms with van der Waals surface area (Å²) in [5.41, 5.74) is 6.38. The van der Waals surface area contributed by atoms with Gasteiger partial charge in [0, 0.05) is 36.7 Å². The van der Waals surface area contributed by atoms with Crippen molar-refractivity contribution < 1.29 is 0 Å². The number of rotatable bonds is 6. The summed E-state index contributed by atoms with van der Waals surface area (Å²) in [5.74, 6) is 3.35. The molecule has 0 aromatic heterocycles. The van der Waals surface area contributed by atoms with Gasteiger partial charge in [0.2, 0.25) is 0 Å². The Morgan fingerprint density at radius 1 is 1.31 bits per heavy atom. The summed E-state index contributed by atoms with van der Waals surface area (Å²) in [6.45, 7) is 10.2. The molecule has 2 nitrogen and oxygen atoms in total. The van der Waals surface area contributed by atoms with E-state index in [1.165, 1.54) is 43.9 Å². The normalized spacial score (nSPS) is 24.0. The van der Waals surface area contributed by atoms with E-state index in [2.05, 4.69) is 37.4 Å². The fourth-order valence-electron chi connectivity index (χ4n) is 2.68. The summed E-state index contributed by atoms with van der Waals surface area (Å²) in [4.78, 5) is 2.66. The van der Waals surface area contributed by atoms with Gasteiger partial charge in [-0.2, -0.15) is 11.8 Å². The SMILES string of the molecule is CCC(C)CC(CC)(CN)N1CCSCC1. The van der Waals surface area contributed by atoms with Crippen LogP contribution in [0.1, 0.15) is 40.0 Å². The van der Waals surface area contributed by atoms with E-state index in [9.17, 15) is 0 Å². The minimum Gasteiger partial charge on any atom is -0.329 e. The maximum atomic E-state index is 6.10. The zero-order valence-corrected chi connectivity index (χ0v) is 12.0. The molecular weight excluding hydrogens is 216 g/mol. The van der Waals surface area contributed by atoms with E-state index in [1.54, 1.807) is 0 Å². The summed E-state index contributed by atoms with van der Waals surface area (Å²) < 4.78 is 0. The summed E-state index contributed by atoms with van der Waals surface area (Å²) in [6, 6.07) is 0. The van der Waals surface area contributed by atoms with Gasteiger partial charge in [-0.05, 0) is 18.8 Å². The zero-order valence-electron chi connectivity index (χ0n) is 11.2. The maximum Gasteiger partial charge on any atom is 0.0332 e. The van der Waals surface area contributed by atoms with E-state index in [-0.39, 0.29) is 5.54 Å². The lowest BCUT2D eigenvalue weighted by Crippen LogP contribution is -2.56. The van der Waals surface area contributed by atoms with Gasteiger partial charge in [0.1, 0.15) is 0 Å². The highest BCUT2D eigenvalue weighted by atomic mass is 32.2. The molecule has 2 N–H and O–H groups in total. The summed E-state index contributed by atoms with van der Waals surface area (Å²) >= 11 is 2.08. The Labute approximate surface area is 105 Å². The van der Waals surface area contributed by atoms with Crippen LogP contribution in [0, 0.1) is 5.92 Å². The van der Waals surface area contributed by atoms with Crippen molar-refractivity contribution in [2.45, 2.75) is 45.6 Å². The molecule has 0 bridgehead atoms. The van der Waals surface area contributed by atoms with E-state index in [4.69, 9.17) is 5.73 Å². The van der Waals surface area contributed by atoms with Crippen LogP contribution in [0.15, 0.2) is 0 Å². The fourth-order valence-corrected chi connectivity index (χ4v) is 3.59. The molecule has 16 heavy (non-hydrogen) atoms. The van der Waals surface area contributed by atoms with Gasteiger partial charge in [0.25, 0.3) is 0 Å². The smallest absolute Gasteiger partial charge is 0.0332 e. The number of nitrogens with two attached hydrogens (primary N) is 1. The third-order valence-electron chi connectivity index (χ3n) is 4.15. The fraction of sp³-hybridized carbons (Fsp3) is 1.00. The Balaban J connectivity index is 2.68. The molecule has 3 heteroatoms. The Hall–Kier alpha value is 0.270. The van der Waals surface area contributed by atoms with Gasteiger partial charge in [-0.3, -0.25) is 4.90 Å². The van der Waals surface area contributed by atoms with Crippen LogP contribution in [0.5, 0.6) is 0 Å². The quantitative estimate of drug-likeness (QED) is 0.779. The molecule has 1 rings (SSSR count). The molecule has 0 saturated carbocycles. The Morgan fingerprint density at radius 2 is 1.94 bits per heavy atom. The van der Waals surface area contributed by atoms with Crippen LogP contribution in [0.4, 0.5) is 0 Å². The molecule has 0 amide bonds. The lowest BCUT2D eigenvalue weighted by atomic mass is 9.83. The van der Waals surface area contributed by atoms with Gasteiger partial charge >= 0.3 is 0 Å². The second kappa shape index (κ2) is 6.87. The van der Waals surface area contributed by atoms with Crippen LogP contribution in [-0.4, -0.2) is 41.6 Å². The Bertz CT molecular complexity index is 186. The van der Waals surface area contributed by atoms with Crippen LogP contribution in [0.3, 0.4) is 0 Å². The van der Waals surface area contributed by atoms with E-state index in [1.807, 2.05) is 0 Å². The van der Waals surface area contributed by atoms with Crippen LogP contribution in [0.2, 0.25) is 0 Å². The van der Waals surface area contributed by atoms with Gasteiger partial charge in [-0.25, -0.2) is 0 Å². The molecule has 1 aliphatic heterocycles. The predicted octanol–water partition coefficient (Wildman–Crippen LogP) is 2.58. The molecule has 0 aromatic carbocycles. The first-order valence-corrected chi connectivity index (χ1v) is 7.87. The van der Waals surface area contributed by atoms with Crippen LogP contribution in [0.25, 0.3) is 0 Å². The molecule has 0 aliphatic carbocycles. The second-order valence-electron chi connectivity index (χ2n) is 5.10. The Kier molecular flexibility index (Phi) is 6.16. The molecule has 1 saturated heterocycles. The van der Waals surface area contributed by atoms with Crippen molar-refractivity contribution in [2.75, 3.05) is 31.1 Å². The second-order valence-corrected chi connectivity index (χ2v) is 6.32. The van der Waals surface area contributed by atoms with Gasteiger partial charge in [-0.15, -0.1) is 0 Å². The summed E-state index contributed by atoms with van der Waals surface area (Å²) in [7, 11) is 0. The molecule has 1 fully saturated rings. The van der Waals surface area contributed by atoms with Gasteiger partial charge in [0.05, 0.1) is 0 Å². The molecule has 1 aliphatic rings. The minimum absolute atomic E-state index is 0.274. The predicted molar refractivity (Wildman–Crippen MR) is 75.0 cm³/mol. The van der Waals surface area contributed by atoms with Crippen molar-refractivity contribution in [2.24, 2.45) is 11.7 Å². The van der Waals surface area contributed by atoms with E-state index in [0.29, 0.717) is 0 Å². The van der Waals surface area contributed by atoms with Crippen molar-refractivity contribution in [1.82, 2.24) is 4.90 Å². The largest absolute Gasteiger partial charge is 0.329 e. The molecule has 2 atom stereocenters. The molecule has 1 heterocycles. The number of hydrogen-bond acceptors (Lipinski definition) is 3. The number of hydrogen-bond donors (Lipinski definition) is 1. The minimum atomic E-state index is 0.274. The first-order valence-electron chi connectivity index (χ1n) is 6.71. The van der Waals surface area contributed by atoms with E-state index >= 15 is 0 Å². The average molecular weight is 244 g/mol. The lowest BCUT2D eigenvalue weighted by molar-refractivity contribution is 0.0760. The van der Waals surface area contributed by atoms with Crippen LogP contribution < -0.4 is 5.73 Å². The average Bonchev–Trinajstić information content (AvgIpc) is 2.37. The molecule has 96 valence electrons. The van der Waals surface area contributed by atoms with Crippen LogP contribution >= 0.6 is 11.8 Å². The molecular formula is C13H28N2S. The third kappa shape index (κ3) is 3.38. The van der Waals surface area contributed by atoms with Gasteiger partial charge in [-0.1, -0.05) is 27.2 Å². The molecule has 2 unspecified atom stereocenters. The van der Waals surface area contributed by atoms with Gasteiger partial charge in [0.15, 0.2) is 0 Å². The monoisotopic (exact) mass is 244 g/mol. The summed E-state index contributed by atoms with van der Waals surface area (Å²) in [6.07, 6.45) is 3.73. The van der Waals surface area contributed by atoms with Crippen molar-refractivity contribution in [3.05, 3.63) is 0 Å².